The van der Waals surface area contributed by atoms with Gasteiger partial charge in [0.05, 0.1) is 11.4 Å². The van der Waals surface area contributed by atoms with Crippen molar-refractivity contribution in [3.8, 4) is 0 Å². The van der Waals surface area contributed by atoms with E-state index in [-0.39, 0.29) is 17.5 Å². The van der Waals surface area contributed by atoms with E-state index >= 15 is 0 Å². The van der Waals surface area contributed by atoms with E-state index in [4.69, 9.17) is 5.73 Å². The molecule has 3 N–H and O–H groups in total. The molecule has 2 rings (SSSR count). The minimum absolute atomic E-state index is 0.177. The van der Waals surface area contributed by atoms with Crippen LogP contribution in [0.3, 0.4) is 0 Å². The monoisotopic (exact) mass is 262 g/mol. The summed E-state index contributed by atoms with van der Waals surface area (Å²) in [7, 11) is 0. The van der Waals surface area contributed by atoms with E-state index in [1.807, 2.05) is 0 Å². The first kappa shape index (κ1) is 12.7. The van der Waals surface area contributed by atoms with Crippen molar-refractivity contribution >= 4 is 17.3 Å². The molecule has 0 spiro atoms. The fourth-order valence-corrected chi connectivity index (χ4v) is 1.57. The van der Waals surface area contributed by atoms with E-state index in [0.29, 0.717) is 18.9 Å². The van der Waals surface area contributed by atoms with Crippen molar-refractivity contribution in [2.75, 3.05) is 11.1 Å². The molecule has 1 aliphatic carbocycles. The van der Waals surface area contributed by atoms with E-state index in [2.05, 4.69) is 5.32 Å². The third kappa shape index (κ3) is 2.39. The van der Waals surface area contributed by atoms with Gasteiger partial charge in [0.1, 0.15) is 11.4 Å². The van der Waals surface area contributed by atoms with Gasteiger partial charge in [0.15, 0.2) is 0 Å². The number of hydrogen-bond donors (Lipinski definition) is 2. The number of benzene rings is 1. The summed E-state index contributed by atoms with van der Waals surface area (Å²) in [5.41, 5.74) is 2.72. The van der Waals surface area contributed by atoms with Gasteiger partial charge in [-0.1, -0.05) is 0 Å². The van der Waals surface area contributed by atoms with E-state index < -0.39 is 23.2 Å². The number of nitrogens with one attached hydrogen (secondary N) is 1. The molecule has 0 unspecified atom stereocenters. The Kier molecular flexibility index (Phi) is 2.92. The molecule has 1 saturated carbocycles. The largest absolute Gasteiger partial charge is 0.421 e. The molecular weight excluding hydrogens is 252 g/mol. The van der Waals surface area contributed by atoms with Crippen molar-refractivity contribution in [2.45, 2.75) is 19.0 Å². The fourth-order valence-electron chi connectivity index (χ4n) is 1.57. The van der Waals surface area contributed by atoms with Crippen molar-refractivity contribution < 1.29 is 22.4 Å². The van der Waals surface area contributed by atoms with Gasteiger partial charge in [-0.2, -0.15) is 13.2 Å². The third-order valence-electron chi connectivity index (χ3n) is 2.68. The quantitative estimate of drug-likeness (QED) is 0.636. The molecule has 1 aliphatic rings. The Bertz CT molecular complexity index is 495. The number of anilines is 2. The summed E-state index contributed by atoms with van der Waals surface area (Å²) < 4.78 is 50.8. The zero-order chi connectivity index (χ0) is 13.5. The normalized spacial score (nSPS) is 15.6. The second kappa shape index (κ2) is 4.15. The Hall–Kier alpha value is -1.79. The lowest BCUT2D eigenvalue weighted by atomic mass is 10.1. The summed E-state index contributed by atoms with van der Waals surface area (Å²) in [5.74, 6) is -2.02. The van der Waals surface area contributed by atoms with Crippen LogP contribution in [0, 0.1) is 11.7 Å². The number of amides is 1. The summed E-state index contributed by atoms with van der Waals surface area (Å²) >= 11 is 0. The number of carbonyl (C=O) groups excluding carboxylic acids is 1. The molecular formula is C11H10F4N2O. The van der Waals surface area contributed by atoms with Crippen molar-refractivity contribution in [1.82, 2.24) is 0 Å². The van der Waals surface area contributed by atoms with Gasteiger partial charge in [0.2, 0.25) is 5.91 Å². The lowest BCUT2D eigenvalue weighted by Gasteiger charge is -2.15. The van der Waals surface area contributed by atoms with Crippen LogP contribution in [0.5, 0.6) is 0 Å². The lowest BCUT2D eigenvalue weighted by Crippen LogP contribution is -2.18. The second-order valence-corrected chi connectivity index (χ2v) is 4.14. The summed E-state index contributed by atoms with van der Waals surface area (Å²) in [4.78, 5) is 11.4. The molecule has 0 heterocycles. The first-order chi connectivity index (χ1) is 8.30. The Balaban J connectivity index is 2.34. The number of carbonyl (C=O) groups is 1. The van der Waals surface area contributed by atoms with Gasteiger partial charge in [-0.15, -0.1) is 0 Å². The number of alkyl halides is 3. The molecule has 1 fully saturated rings. The molecule has 0 saturated heterocycles. The SMILES string of the molecule is Nc1c(NC(=O)C2CC2)ccc(F)c1C(F)(F)F. The lowest BCUT2D eigenvalue weighted by molar-refractivity contribution is -0.139. The van der Waals surface area contributed by atoms with E-state index in [1.54, 1.807) is 0 Å². The molecule has 98 valence electrons. The number of nitrogens with two attached hydrogens (primary N) is 1. The van der Waals surface area contributed by atoms with Gasteiger partial charge in [0, 0.05) is 5.92 Å². The molecule has 1 aromatic rings. The molecule has 18 heavy (non-hydrogen) atoms. The van der Waals surface area contributed by atoms with Gasteiger partial charge in [0.25, 0.3) is 0 Å². The van der Waals surface area contributed by atoms with Crippen molar-refractivity contribution in [3.05, 3.63) is 23.5 Å². The van der Waals surface area contributed by atoms with Crippen LogP contribution in [0.2, 0.25) is 0 Å². The number of halogens is 4. The van der Waals surface area contributed by atoms with Gasteiger partial charge in [-0.05, 0) is 25.0 Å². The zero-order valence-corrected chi connectivity index (χ0v) is 9.14. The summed E-state index contributed by atoms with van der Waals surface area (Å²) in [6, 6.07) is 1.67. The van der Waals surface area contributed by atoms with Crippen LogP contribution in [0.15, 0.2) is 12.1 Å². The predicted octanol–water partition coefficient (Wildman–Crippen LogP) is 2.78. The Morgan fingerprint density at radius 1 is 1.33 bits per heavy atom. The average molecular weight is 262 g/mol. The minimum atomic E-state index is -4.89. The van der Waals surface area contributed by atoms with Crippen LogP contribution in [-0.2, 0) is 11.0 Å². The smallest absolute Gasteiger partial charge is 0.396 e. The maximum Gasteiger partial charge on any atom is 0.421 e. The Morgan fingerprint density at radius 2 is 1.94 bits per heavy atom. The maximum atomic E-state index is 13.1. The predicted molar refractivity (Wildman–Crippen MR) is 57.2 cm³/mol. The Labute approximate surface area is 100.0 Å². The van der Waals surface area contributed by atoms with Gasteiger partial charge in [-0.25, -0.2) is 4.39 Å². The number of nitrogen functional groups attached to an aromatic ring is 1. The standard InChI is InChI=1S/C11H10F4N2O/c12-6-3-4-7(17-10(18)5-1-2-5)9(16)8(6)11(13,14)15/h3-5H,1-2,16H2,(H,17,18). The zero-order valence-electron chi connectivity index (χ0n) is 9.14. The minimum Gasteiger partial charge on any atom is -0.396 e. The maximum absolute atomic E-state index is 13.1. The highest BCUT2D eigenvalue weighted by Gasteiger charge is 2.38. The average Bonchev–Trinajstić information content (AvgIpc) is 3.03. The highest BCUT2D eigenvalue weighted by Crippen LogP contribution is 2.39. The molecule has 0 aliphatic heterocycles. The van der Waals surface area contributed by atoms with Crippen LogP contribution < -0.4 is 11.1 Å². The molecule has 0 bridgehead atoms. The van der Waals surface area contributed by atoms with Crippen LogP contribution in [0.25, 0.3) is 0 Å². The van der Waals surface area contributed by atoms with Crippen LogP contribution in [0.1, 0.15) is 18.4 Å². The Morgan fingerprint density at radius 3 is 2.44 bits per heavy atom. The second-order valence-electron chi connectivity index (χ2n) is 4.14. The molecule has 1 amide bonds. The van der Waals surface area contributed by atoms with E-state index in [1.165, 1.54) is 0 Å². The number of hydrogen-bond acceptors (Lipinski definition) is 2. The van der Waals surface area contributed by atoms with Crippen LogP contribution in [0.4, 0.5) is 28.9 Å². The van der Waals surface area contributed by atoms with E-state index in [9.17, 15) is 22.4 Å². The molecule has 0 atom stereocenters. The molecule has 1 aromatic carbocycles. The van der Waals surface area contributed by atoms with Crippen molar-refractivity contribution in [2.24, 2.45) is 5.92 Å². The van der Waals surface area contributed by atoms with Crippen molar-refractivity contribution in [1.29, 1.82) is 0 Å². The highest BCUT2D eigenvalue weighted by atomic mass is 19.4. The van der Waals surface area contributed by atoms with Crippen LogP contribution in [-0.4, -0.2) is 5.91 Å². The summed E-state index contributed by atoms with van der Waals surface area (Å²) in [5, 5.41) is 2.28. The first-order valence-electron chi connectivity index (χ1n) is 5.26. The van der Waals surface area contributed by atoms with Crippen molar-refractivity contribution in [3.63, 3.8) is 0 Å². The molecule has 0 aromatic heterocycles. The first-order valence-corrected chi connectivity index (χ1v) is 5.26. The molecule has 7 heteroatoms. The van der Waals surface area contributed by atoms with E-state index in [0.717, 1.165) is 6.07 Å². The fraction of sp³-hybridized carbons (Fsp3) is 0.364. The molecule has 3 nitrogen and oxygen atoms in total. The molecule has 0 radical (unpaired) electrons. The van der Waals surface area contributed by atoms with Gasteiger partial charge < -0.3 is 11.1 Å². The third-order valence-corrected chi connectivity index (χ3v) is 2.68. The van der Waals surface area contributed by atoms with Gasteiger partial charge in [-0.3, -0.25) is 4.79 Å². The summed E-state index contributed by atoms with van der Waals surface area (Å²) in [6.45, 7) is 0. The highest BCUT2D eigenvalue weighted by molar-refractivity contribution is 5.97. The topological polar surface area (TPSA) is 55.1 Å². The number of rotatable bonds is 2. The summed E-state index contributed by atoms with van der Waals surface area (Å²) in [6.07, 6.45) is -3.48. The van der Waals surface area contributed by atoms with Crippen LogP contribution >= 0.6 is 0 Å². The van der Waals surface area contributed by atoms with Gasteiger partial charge >= 0.3 is 6.18 Å².